The van der Waals surface area contributed by atoms with E-state index in [-0.39, 0.29) is 5.91 Å². The number of rotatable bonds is 4. The van der Waals surface area contributed by atoms with Crippen LogP contribution in [0.5, 0.6) is 5.75 Å². The van der Waals surface area contributed by atoms with E-state index in [9.17, 15) is 4.79 Å². The number of amides is 1. The number of ether oxygens (including phenoxy) is 1. The molecule has 0 unspecified atom stereocenters. The van der Waals surface area contributed by atoms with Gasteiger partial charge in [-0.3, -0.25) is 4.79 Å². The van der Waals surface area contributed by atoms with Crippen LogP contribution in [-0.4, -0.2) is 25.0 Å². The number of nitrogen functional groups attached to an aromatic ring is 1. The molecule has 4 nitrogen and oxygen atoms in total. The maximum atomic E-state index is 12.6. The topological polar surface area (TPSA) is 55.6 Å². The van der Waals surface area contributed by atoms with E-state index in [1.807, 2.05) is 49.4 Å². The Hall–Kier alpha value is -2.49. The first kappa shape index (κ1) is 14.9. The molecule has 0 aliphatic rings. The molecule has 0 fully saturated rings. The van der Waals surface area contributed by atoms with Crippen molar-refractivity contribution in [3.05, 3.63) is 59.2 Å². The van der Waals surface area contributed by atoms with Crippen LogP contribution >= 0.6 is 0 Å². The summed E-state index contributed by atoms with van der Waals surface area (Å²) in [5.41, 5.74) is 9.02. The van der Waals surface area contributed by atoms with Crippen LogP contribution in [0.4, 0.5) is 5.69 Å². The molecular weight excluding hydrogens is 264 g/mol. The van der Waals surface area contributed by atoms with Crippen LogP contribution < -0.4 is 10.5 Å². The van der Waals surface area contributed by atoms with Gasteiger partial charge in [0, 0.05) is 19.3 Å². The Labute approximate surface area is 125 Å². The van der Waals surface area contributed by atoms with Gasteiger partial charge in [0.15, 0.2) is 0 Å². The Morgan fingerprint density at radius 3 is 2.48 bits per heavy atom. The number of carbonyl (C=O) groups excluding carboxylic acids is 1. The molecular formula is C17H20N2O2. The van der Waals surface area contributed by atoms with Crippen molar-refractivity contribution < 1.29 is 9.53 Å². The highest BCUT2D eigenvalue weighted by Crippen LogP contribution is 2.21. The average molecular weight is 284 g/mol. The highest BCUT2D eigenvalue weighted by molar-refractivity contribution is 5.97. The summed E-state index contributed by atoms with van der Waals surface area (Å²) in [6, 6.07) is 13.1. The summed E-state index contributed by atoms with van der Waals surface area (Å²) < 4.78 is 5.27. The van der Waals surface area contributed by atoms with Gasteiger partial charge in [-0.05, 0) is 36.8 Å². The molecule has 21 heavy (non-hydrogen) atoms. The molecule has 0 spiro atoms. The Morgan fingerprint density at radius 1 is 1.19 bits per heavy atom. The van der Waals surface area contributed by atoms with Gasteiger partial charge in [0.2, 0.25) is 0 Å². The van der Waals surface area contributed by atoms with Gasteiger partial charge in [-0.2, -0.15) is 0 Å². The molecule has 0 radical (unpaired) electrons. The third-order valence-corrected chi connectivity index (χ3v) is 3.33. The number of nitrogens with two attached hydrogens (primary N) is 1. The van der Waals surface area contributed by atoms with E-state index in [2.05, 4.69) is 0 Å². The fourth-order valence-corrected chi connectivity index (χ4v) is 2.16. The molecule has 0 atom stereocenters. The van der Waals surface area contributed by atoms with Crippen molar-refractivity contribution in [3.8, 4) is 5.75 Å². The van der Waals surface area contributed by atoms with Crippen LogP contribution in [0.25, 0.3) is 0 Å². The van der Waals surface area contributed by atoms with Crippen molar-refractivity contribution in [2.75, 3.05) is 19.9 Å². The first-order valence-corrected chi connectivity index (χ1v) is 6.76. The number of methoxy groups -OCH3 is 1. The van der Waals surface area contributed by atoms with E-state index in [1.54, 1.807) is 19.1 Å². The van der Waals surface area contributed by atoms with Crippen LogP contribution in [0.1, 0.15) is 21.5 Å². The summed E-state index contributed by atoms with van der Waals surface area (Å²) in [5.74, 6) is 0.530. The van der Waals surface area contributed by atoms with Crippen LogP contribution in [0.3, 0.4) is 0 Å². The number of aryl methyl sites for hydroxylation is 1. The van der Waals surface area contributed by atoms with Gasteiger partial charge in [-0.15, -0.1) is 0 Å². The maximum Gasteiger partial charge on any atom is 0.257 e. The zero-order valence-corrected chi connectivity index (χ0v) is 12.6. The van der Waals surface area contributed by atoms with Gasteiger partial charge >= 0.3 is 0 Å². The minimum Gasteiger partial charge on any atom is -0.496 e. The van der Waals surface area contributed by atoms with Crippen LogP contribution in [-0.2, 0) is 6.54 Å². The zero-order valence-electron chi connectivity index (χ0n) is 12.6. The Bertz CT molecular complexity index is 636. The summed E-state index contributed by atoms with van der Waals surface area (Å²) in [6.07, 6.45) is 0. The number of anilines is 1. The first-order valence-electron chi connectivity index (χ1n) is 6.76. The van der Waals surface area contributed by atoms with Crippen molar-refractivity contribution >= 4 is 11.6 Å². The molecule has 2 aromatic carbocycles. The van der Waals surface area contributed by atoms with Crippen molar-refractivity contribution in [2.45, 2.75) is 13.5 Å². The Kier molecular flexibility index (Phi) is 4.48. The summed E-state index contributed by atoms with van der Waals surface area (Å²) in [7, 11) is 3.35. The number of nitrogens with zero attached hydrogens (tertiary/aromatic N) is 1. The lowest BCUT2D eigenvalue weighted by Crippen LogP contribution is -2.26. The average Bonchev–Trinajstić information content (AvgIpc) is 2.48. The fourth-order valence-electron chi connectivity index (χ4n) is 2.16. The second kappa shape index (κ2) is 6.31. The Morgan fingerprint density at radius 2 is 1.86 bits per heavy atom. The summed E-state index contributed by atoms with van der Waals surface area (Å²) in [5, 5.41) is 0. The number of hydrogen-bond donors (Lipinski definition) is 1. The van der Waals surface area contributed by atoms with Crippen molar-refractivity contribution in [1.82, 2.24) is 4.90 Å². The van der Waals surface area contributed by atoms with Gasteiger partial charge < -0.3 is 15.4 Å². The second-order valence-electron chi connectivity index (χ2n) is 5.11. The minimum absolute atomic E-state index is 0.0626. The zero-order chi connectivity index (χ0) is 15.4. The summed E-state index contributed by atoms with van der Waals surface area (Å²) in [6.45, 7) is 2.48. The molecule has 2 N–H and O–H groups in total. The molecule has 0 bridgehead atoms. The van der Waals surface area contributed by atoms with Gasteiger partial charge in [0.1, 0.15) is 5.75 Å². The van der Waals surface area contributed by atoms with Crippen molar-refractivity contribution in [3.63, 3.8) is 0 Å². The van der Waals surface area contributed by atoms with E-state index >= 15 is 0 Å². The largest absolute Gasteiger partial charge is 0.496 e. The smallest absolute Gasteiger partial charge is 0.257 e. The lowest BCUT2D eigenvalue weighted by molar-refractivity contribution is 0.0781. The van der Waals surface area contributed by atoms with Gasteiger partial charge in [0.25, 0.3) is 5.91 Å². The number of carbonyl (C=O) groups is 1. The molecule has 2 aromatic rings. The van der Waals surface area contributed by atoms with E-state index in [0.29, 0.717) is 23.5 Å². The van der Waals surface area contributed by atoms with Crippen molar-refractivity contribution in [1.29, 1.82) is 0 Å². The predicted octanol–water partition coefficient (Wildman–Crippen LogP) is 2.86. The van der Waals surface area contributed by atoms with E-state index in [1.165, 1.54) is 0 Å². The van der Waals surface area contributed by atoms with E-state index < -0.39 is 0 Å². The van der Waals surface area contributed by atoms with E-state index in [0.717, 1.165) is 11.1 Å². The highest BCUT2D eigenvalue weighted by Gasteiger charge is 2.17. The molecule has 0 heterocycles. The molecule has 2 rings (SSSR count). The predicted molar refractivity (Wildman–Crippen MR) is 84.4 cm³/mol. The molecule has 0 aromatic heterocycles. The number of benzene rings is 2. The maximum absolute atomic E-state index is 12.6. The molecule has 1 amide bonds. The third kappa shape index (κ3) is 3.54. The standard InChI is InChI=1S/C17H20N2O2/c1-12-4-9-16(21-3)15(10-12)17(20)19(2)11-13-5-7-14(18)8-6-13/h4-10H,11,18H2,1-3H3. The molecule has 110 valence electrons. The normalized spacial score (nSPS) is 10.2. The van der Waals surface area contributed by atoms with Gasteiger partial charge in [0.05, 0.1) is 12.7 Å². The van der Waals surface area contributed by atoms with Gasteiger partial charge in [-0.25, -0.2) is 0 Å². The monoisotopic (exact) mass is 284 g/mol. The quantitative estimate of drug-likeness (QED) is 0.878. The number of hydrogen-bond acceptors (Lipinski definition) is 3. The third-order valence-electron chi connectivity index (χ3n) is 3.33. The second-order valence-corrected chi connectivity index (χ2v) is 5.11. The van der Waals surface area contributed by atoms with E-state index in [4.69, 9.17) is 10.5 Å². The first-order chi connectivity index (χ1) is 10.0. The summed E-state index contributed by atoms with van der Waals surface area (Å²) in [4.78, 5) is 14.2. The Balaban J connectivity index is 2.19. The molecule has 4 heteroatoms. The fraction of sp³-hybridized carbons (Fsp3) is 0.235. The van der Waals surface area contributed by atoms with Crippen LogP contribution in [0, 0.1) is 6.92 Å². The lowest BCUT2D eigenvalue weighted by Gasteiger charge is -2.19. The SMILES string of the molecule is COc1ccc(C)cc1C(=O)N(C)Cc1ccc(N)cc1. The molecule has 0 saturated heterocycles. The molecule has 0 aliphatic heterocycles. The summed E-state index contributed by atoms with van der Waals surface area (Å²) >= 11 is 0. The molecule has 0 saturated carbocycles. The van der Waals surface area contributed by atoms with Crippen LogP contribution in [0.2, 0.25) is 0 Å². The minimum atomic E-state index is -0.0626. The lowest BCUT2D eigenvalue weighted by atomic mass is 10.1. The molecule has 0 aliphatic carbocycles. The van der Waals surface area contributed by atoms with Crippen LogP contribution in [0.15, 0.2) is 42.5 Å². The van der Waals surface area contributed by atoms with Gasteiger partial charge in [-0.1, -0.05) is 23.8 Å². The van der Waals surface area contributed by atoms with Crippen molar-refractivity contribution in [2.24, 2.45) is 0 Å². The highest BCUT2D eigenvalue weighted by atomic mass is 16.5.